The maximum absolute atomic E-state index is 9.97. The summed E-state index contributed by atoms with van der Waals surface area (Å²) in [6, 6.07) is 4.42. The first-order chi connectivity index (χ1) is 10.0. The van der Waals surface area contributed by atoms with Crippen LogP contribution in [-0.2, 0) is 6.54 Å². The van der Waals surface area contributed by atoms with E-state index in [1.54, 1.807) is 14.2 Å². The summed E-state index contributed by atoms with van der Waals surface area (Å²) in [6.07, 6.45) is 5.21. The van der Waals surface area contributed by atoms with E-state index in [0.717, 1.165) is 18.0 Å². The van der Waals surface area contributed by atoms with Crippen LogP contribution >= 0.6 is 0 Å². The van der Waals surface area contributed by atoms with Crippen LogP contribution in [0.5, 0.6) is 17.2 Å². The van der Waals surface area contributed by atoms with Gasteiger partial charge in [0.1, 0.15) is 0 Å². The summed E-state index contributed by atoms with van der Waals surface area (Å²) < 4.78 is 10.4. The van der Waals surface area contributed by atoms with Crippen molar-refractivity contribution in [2.24, 2.45) is 5.92 Å². The minimum atomic E-state index is 0.0673. The molecule has 1 N–H and O–H groups in total. The van der Waals surface area contributed by atoms with E-state index in [9.17, 15) is 5.11 Å². The minimum absolute atomic E-state index is 0.0673. The van der Waals surface area contributed by atoms with Crippen molar-refractivity contribution in [3.8, 4) is 17.2 Å². The van der Waals surface area contributed by atoms with Crippen molar-refractivity contribution in [2.75, 3.05) is 21.3 Å². The summed E-state index contributed by atoms with van der Waals surface area (Å²) in [5.41, 5.74) is 1.10. The van der Waals surface area contributed by atoms with E-state index in [1.165, 1.54) is 25.7 Å². The van der Waals surface area contributed by atoms with Gasteiger partial charge in [-0.25, -0.2) is 0 Å². The number of benzene rings is 1. The van der Waals surface area contributed by atoms with E-state index in [-0.39, 0.29) is 5.75 Å². The highest BCUT2D eigenvalue weighted by Gasteiger charge is 2.23. The molecule has 0 spiro atoms. The number of ether oxygens (including phenoxy) is 2. The van der Waals surface area contributed by atoms with Gasteiger partial charge in [0, 0.05) is 12.6 Å². The molecule has 1 saturated carbocycles. The molecule has 2 unspecified atom stereocenters. The summed E-state index contributed by atoms with van der Waals surface area (Å²) in [5, 5.41) is 9.97. The molecule has 0 aliphatic heterocycles. The first kappa shape index (κ1) is 16.0. The Labute approximate surface area is 127 Å². The van der Waals surface area contributed by atoms with Crippen LogP contribution in [0.4, 0.5) is 0 Å². The molecule has 1 aromatic rings. The molecule has 1 aliphatic carbocycles. The highest BCUT2D eigenvalue weighted by Crippen LogP contribution is 2.37. The third-order valence-electron chi connectivity index (χ3n) is 4.50. The van der Waals surface area contributed by atoms with Crippen molar-refractivity contribution in [2.45, 2.75) is 45.2 Å². The normalized spacial score (nSPS) is 22.3. The lowest BCUT2D eigenvalue weighted by atomic mass is 9.86. The number of phenolic OH excluding ortho intramolecular Hbond substituents is 1. The number of hydrogen-bond donors (Lipinski definition) is 1. The van der Waals surface area contributed by atoms with E-state index in [4.69, 9.17) is 9.47 Å². The van der Waals surface area contributed by atoms with Gasteiger partial charge in [-0.05, 0) is 43.5 Å². The molecule has 2 atom stereocenters. The topological polar surface area (TPSA) is 41.9 Å². The Balaban J connectivity index is 2.11. The van der Waals surface area contributed by atoms with E-state index in [2.05, 4.69) is 18.9 Å². The number of phenols is 1. The first-order valence-electron chi connectivity index (χ1n) is 7.69. The van der Waals surface area contributed by atoms with E-state index < -0.39 is 0 Å². The Bertz CT molecular complexity index is 450. The Morgan fingerprint density at radius 1 is 1.19 bits per heavy atom. The van der Waals surface area contributed by atoms with E-state index >= 15 is 0 Å². The number of methoxy groups -OCH3 is 2. The van der Waals surface area contributed by atoms with Crippen molar-refractivity contribution in [1.82, 2.24) is 4.90 Å². The van der Waals surface area contributed by atoms with Gasteiger partial charge in [-0.15, -0.1) is 0 Å². The molecular weight excluding hydrogens is 266 g/mol. The monoisotopic (exact) mass is 293 g/mol. The van der Waals surface area contributed by atoms with Crippen molar-refractivity contribution in [1.29, 1.82) is 0 Å². The van der Waals surface area contributed by atoms with Gasteiger partial charge in [-0.1, -0.05) is 19.8 Å². The van der Waals surface area contributed by atoms with Gasteiger partial charge in [0.05, 0.1) is 14.2 Å². The lowest BCUT2D eigenvalue weighted by molar-refractivity contribution is 0.157. The fourth-order valence-corrected chi connectivity index (χ4v) is 3.26. The molecule has 21 heavy (non-hydrogen) atoms. The molecule has 1 fully saturated rings. The molecule has 0 bridgehead atoms. The Hall–Kier alpha value is -1.42. The molecule has 4 nitrogen and oxygen atoms in total. The van der Waals surface area contributed by atoms with Gasteiger partial charge < -0.3 is 14.6 Å². The molecule has 118 valence electrons. The molecule has 0 saturated heterocycles. The Kier molecular flexibility index (Phi) is 5.34. The fraction of sp³-hybridized carbons (Fsp3) is 0.647. The maximum Gasteiger partial charge on any atom is 0.200 e. The maximum atomic E-state index is 9.97. The number of rotatable bonds is 5. The predicted octanol–water partition coefficient (Wildman–Crippen LogP) is 3.42. The van der Waals surface area contributed by atoms with Gasteiger partial charge in [0.15, 0.2) is 11.5 Å². The zero-order valence-electron chi connectivity index (χ0n) is 13.6. The van der Waals surface area contributed by atoms with Crippen LogP contribution in [0.25, 0.3) is 0 Å². The van der Waals surface area contributed by atoms with Crippen LogP contribution in [0.1, 0.15) is 38.2 Å². The molecule has 4 heteroatoms. The van der Waals surface area contributed by atoms with Crippen molar-refractivity contribution >= 4 is 0 Å². The first-order valence-corrected chi connectivity index (χ1v) is 7.69. The molecule has 1 aliphatic rings. The van der Waals surface area contributed by atoms with Crippen molar-refractivity contribution in [3.05, 3.63) is 17.7 Å². The lowest BCUT2D eigenvalue weighted by Crippen LogP contribution is -2.35. The second kappa shape index (κ2) is 7.03. The summed E-state index contributed by atoms with van der Waals surface area (Å²) in [5.74, 6) is 1.82. The third-order valence-corrected chi connectivity index (χ3v) is 4.50. The molecule has 0 heterocycles. The van der Waals surface area contributed by atoms with E-state index in [1.807, 2.05) is 12.1 Å². The Morgan fingerprint density at radius 2 is 1.81 bits per heavy atom. The zero-order chi connectivity index (χ0) is 15.4. The quantitative estimate of drug-likeness (QED) is 0.903. The molecule has 0 radical (unpaired) electrons. The van der Waals surface area contributed by atoms with Gasteiger partial charge in [0.25, 0.3) is 0 Å². The van der Waals surface area contributed by atoms with Crippen LogP contribution < -0.4 is 9.47 Å². The van der Waals surface area contributed by atoms with Crippen LogP contribution in [-0.4, -0.2) is 37.3 Å². The average molecular weight is 293 g/mol. The number of hydrogen-bond acceptors (Lipinski definition) is 4. The second-order valence-electron chi connectivity index (χ2n) is 6.19. The number of aromatic hydroxyl groups is 1. The lowest BCUT2D eigenvalue weighted by Gasteiger charge is -2.34. The predicted molar refractivity (Wildman–Crippen MR) is 84.1 cm³/mol. The second-order valence-corrected chi connectivity index (χ2v) is 6.19. The summed E-state index contributed by atoms with van der Waals surface area (Å²) in [6.45, 7) is 3.18. The molecule has 0 aromatic heterocycles. The average Bonchev–Trinajstić information content (AvgIpc) is 2.48. The molecular formula is C17H27NO3. The summed E-state index contributed by atoms with van der Waals surface area (Å²) >= 11 is 0. The summed E-state index contributed by atoms with van der Waals surface area (Å²) in [7, 11) is 5.30. The molecule has 2 rings (SSSR count). The van der Waals surface area contributed by atoms with Crippen LogP contribution in [0.2, 0.25) is 0 Å². The largest absolute Gasteiger partial charge is 0.502 e. The fourth-order valence-electron chi connectivity index (χ4n) is 3.26. The highest BCUT2D eigenvalue weighted by molar-refractivity contribution is 5.52. The van der Waals surface area contributed by atoms with Gasteiger partial charge >= 0.3 is 0 Å². The highest BCUT2D eigenvalue weighted by atomic mass is 16.5. The molecule has 1 aromatic carbocycles. The van der Waals surface area contributed by atoms with Crippen LogP contribution in [0.15, 0.2) is 12.1 Å². The Morgan fingerprint density at radius 3 is 2.33 bits per heavy atom. The van der Waals surface area contributed by atoms with Crippen LogP contribution in [0, 0.1) is 5.92 Å². The van der Waals surface area contributed by atoms with Gasteiger partial charge in [-0.2, -0.15) is 0 Å². The van der Waals surface area contributed by atoms with Crippen molar-refractivity contribution < 1.29 is 14.6 Å². The SMILES string of the molecule is COc1cc(CN(C)C2CCCC(C)C2)cc(OC)c1O. The zero-order valence-corrected chi connectivity index (χ0v) is 13.6. The van der Waals surface area contributed by atoms with Crippen LogP contribution in [0.3, 0.4) is 0 Å². The van der Waals surface area contributed by atoms with Crippen molar-refractivity contribution in [3.63, 3.8) is 0 Å². The number of nitrogens with zero attached hydrogens (tertiary/aromatic N) is 1. The standard InChI is InChI=1S/C17H27NO3/c1-12-6-5-7-14(8-12)18(2)11-13-9-15(20-3)17(19)16(10-13)21-4/h9-10,12,14,19H,5-8,11H2,1-4H3. The minimum Gasteiger partial charge on any atom is -0.502 e. The third kappa shape index (κ3) is 3.82. The molecule has 0 amide bonds. The summed E-state index contributed by atoms with van der Waals surface area (Å²) in [4.78, 5) is 2.40. The van der Waals surface area contributed by atoms with Gasteiger partial charge in [0.2, 0.25) is 5.75 Å². The van der Waals surface area contributed by atoms with E-state index in [0.29, 0.717) is 17.5 Å². The van der Waals surface area contributed by atoms with Gasteiger partial charge in [-0.3, -0.25) is 4.90 Å². The smallest absolute Gasteiger partial charge is 0.200 e.